The van der Waals surface area contributed by atoms with E-state index in [1.165, 1.54) is 41.5 Å². The molecule has 5 nitrogen and oxygen atoms in total. The molecular formula is C22H25N3O2S2. The van der Waals surface area contributed by atoms with Gasteiger partial charge in [-0.15, -0.1) is 11.3 Å². The van der Waals surface area contributed by atoms with Gasteiger partial charge in [-0.05, 0) is 36.8 Å². The second-order valence-electron chi connectivity index (χ2n) is 7.49. The first-order valence-corrected chi connectivity index (χ1v) is 11.9. The molecule has 7 heteroatoms. The summed E-state index contributed by atoms with van der Waals surface area (Å²) in [7, 11) is 0. The molecule has 3 aromatic rings. The smallest absolute Gasteiger partial charge is 0.272 e. The summed E-state index contributed by atoms with van der Waals surface area (Å²) in [5.41, 5.74) is 2.92. The van der Waals surface area contributed by atoms with E-state index in [0.29, 0.717) is 27.7 Å². The number of fused-ring (bicyclic) bond motifs is 1. The molecule has 4 rings (SSSR count). The van der Waals surface area contributed by atoms with Crippen molar-refractivity contribution in [2.24, 2.45) is 0 Å². The van der Waals surface area contributed by atoms with Crippen LogP contribution in [0.3, 0.4) is 0 Å². The normalized spacial score (nSPS) is 14.9. The summed E-state index contributed by atoms with van der Waals surface area (Å²) < 4.78 is 2.38. The number of thioether (sulfide) groups is 1. The van der Waals surface area contributed by atoms with Crippen LogP contribution in [0.4, 0.5) is 0 Å². The van der Waals surface area contributed by atoms with E-state index in [2.05, 4.69) is 0 Å². The van der Waals surface area contributed by atoms with Crippen LogP contribution < -0.4 is 5.56 Å². The second kappa shape index (κ2) is 9.13. The molecule has 152 valence electrons. The van der Waals surface area contributed by atoms with Gasteiger partial charge in [0.05, 0.1) is 17.8 Å². The van der Waals surface area contributed by atoms with Crippen molar-refractivity contribution in [3.05, 3.63) is 57.2 Å². The van der Waals surface area contributed by atoms with E-state index in [1.807, 2.05) is 47.5 Å². The lowest BCUT2D eigenvalue weighted by Crippen LogP contribution is -2.33. The summed E-state index contributed by atoms with van der Waals surface area (Å²) >= 11 is 2.79. The fourth-order valence-corrected chi connectivity index (χ4v) is 5.27. The Hall–Kier alpha value is -2.12. The number of nitrogens with zero attached hydrogens (tertiary/aromatic N) is 3. The summed E-state index contributed by atoms with van der Waals surface area (Å²) in [4.78, 5) is 32.5. The van der Waals surface area contributed by atoms with E-state index in [0.717, 1.165) is 31.5 Å². The van der Waals surface area contributed by atoms with Gasteiger partial charge in [0.2, 0.25) is 5.91 Å². The molecule has 3 heterocycles. The number of likely N-dealkylation sites (tertiary alicyclic amines) is 1. The summed E-state index contributed by atoms with van der Waals surface area (Å²) in [6, 6.07) is 10.0. The Morgan fingerprint density at radius 2 is 1.83 bits per heavy atom. The fraction of sp³-hybridized carbons (Fsp3) is 0.409. The van der Waals surface area contributed by atoms with E-state index in [4.69, 9.17) is 4.98 Å². The Morgan fingerprint density at radius 3 is 2.55 bits per heavy atom. The number of benzene rings is 1. The summed E-state index contributed by atoms with van der Waals surface area (Å²) in [5.74, 6) is 0.453. The Bertz CT molecular complexity index is 1050. The minimum absolute atomic E-state index is 0.0321. The van der Waals surface area contributed by atoms with Crippen molar-refractivity contribution in [1.29, 1.82) is 0 Å². The number of amides is 1. The predicted octanol–water partition coefficient (Wildman–Crippen LogP) is 4.31. The number of aryl methyl sites for hydroxylation is 1. The molecule has 0 N–H and O–H groups in total. The third kappa shape index (κ3) is 4.73. The largest absolute Gasteiger partial charge is 0.342 e. The number of rotatable bonds is 5. The number of hydrogen-bond acceptors (Lipinski definition) is 5. The SMILES string of the molecule is Cc1ccc(Cn2c(SCC(=O)N3CCCCCC3)nc3ccsc3c2=O)cc1. The first-order valence-electron chi connectivity index (χ1n) is 10.1. The Balaban J connectivity index is 1.59. The molecule has 0 unspecified atom stereocenters. The highest BCUT2D eigenvalue weighted by molar-refractivity contribution is 7.99. The van der Waals surface area contributed by atoms with Crippen molar-refractivity contribution >= 4 is 39.2 Å². The molecule has 0 bridgehead atoms. The fourth-order valence-electron chi connectivity index (χ4n) is 3.59. The van der Waals surface area contributed by atoms with Gasteiger partial charge in [0, 0.05) is 13.1 Å². The number of carbonyl (C=O) groups excluding carboxylic acids is 1. The third-order valence-electron chi connectivity index (χ3n) is 5.28. The lowest BCUT2D eigenvalue weighted by molar-refractivity contribution is -0.128. The molecule has 0 atom stereocenters. The molecule has 0 saturated carbocycles. The predicted molar refractivity (Wildman–Crippen MR) is 120 cm³/mol. The van der Waals surface area contributed by atoms with Gasteiger partial charge in [-0.25, -0.2) is 4.98 Å². The van der Waals surface area contributed by atoms with E-state index in [9.17, 15) is 9.59 Å². The highest BCUT2D eigenvalue weighted by atomic mass is 32.2. The van der Waals surface area contributed by atoms with Crippen LogP contribution in [0.1, 0.15) is 36.8 Å². The van der Waals surface area contributed by atoms with Crippen molar-refractivity contribution in [2.45, 2.75) is 44.3 Å². The minimum Gasteiger partial charge on any atom is -0.342 e. The maximum Gasteiger partial charge on any atom is 0.272 e. The van der Waals surface area contributed by atoms with Gasteiger partial charge in [0.15, 0.2) is 5.16 Å². The summed E-state index contributed by atoms with van der Waals surface area (Å²) in [6.45, 7) is 4.18. The van der Waals surface area contributed by atoms with Crippen LogP contribution in [0.25, 0.3) is 10.2 Å². The van der Waals surface area contributed by atoms with Gasteiger partial charge in [0.25, 0.3) is 5.56 Å². The zero-order chi connectivity index (χ0) is 20.2. The highest BCUT2D eigenvalue weighted by Crippen LogP contribution is 2.23. The molecular weight excluding hydrogens is 402 g/mol. The highest BCUT2D eigenvalue weighted by Gasteiger charge is 2.18. The second-order valence-corrected chi connectivity index (χ2v) is 9.35. The third-order valence-corrected chi connectivity index (χ3v) is 7.13. The van der Waals surface area contributed by atoms with Gasteiger partial charge in [-0.3, -0.25) is 14.2 Å². The van der Waals surface area contributed by atoms with Gasteiger partial charge in [-0.1, -0.05) is 54.4 Å². The number of thiophene rings is 1. The van der Waals surface area contributed by atoms with Crippen molar-refractivity contribution in [3.63, 3.8) is 0 Å². The quantitative estimate of drug-likeness (QED) is 0.450. The summed E-state index contributed by atoms with van der Waals surface area (Å²) in [5, 5.41) is 2.51. The molecule has 0 aliphatic carbocycles. The maximum atomic E-state index is 13.1. The number of carbonyl (C=O) groups is 1. The van der Waals surface area contributed by atoms with Crippen molar-refractivity contribution in [1.82, 2.24) is 14.5 Å². The molecule has 1 fully saturated rings. The maximum absolute atomic E-state index is 13.1. The lowest BCUT2D eigenvalue weighted by atomic mass is 10.1. The van der Waals surface area contributed by atoms with Crippen molar-refractivity contribution in [3.8, 4) is 0 Å². The van der Waals surface area contributed by atoms with Crippen molar-refractivity contribution in [2.75, 3.05) is 18.8 Å². The van der Waals surface area contributed by atoms with E-state index < -0.39 is 0 Å². The Morgan fingerprint density at radius 1 is 1.10 bits per heavy atom. The van der Waals surface area contributed by atoms with Crippen LogP contribution in [0, 0.1) is 6.92 Å². The molecule has 29 heavy (non-hydrogen) atoms. The van der Waals surface area contributed by atoms with Crippen LogP contribution in [0.5, 0.6) is 0 Å². The molecule has 1 aliphatic rings. The molecule has 1 saturated heterocycles. The Labute approximate surface area is 178 Å². The molecule has 0 radical (unpaired) electrons. The van der Waals surface area contributed by atoms with Gasteiger partial charge < -0.3 is 4.90 Å². The van der Waals surface area contributed by atoms with Crippen LogP contribution in [-0.2, 0) is 11.3 Å². The van der Waals surface area contributed by atoms with Crippen LogP contribution >= 0.6 is 23.1 Å². The molecule has 2 aromatic heterocycles. The van der Waals surface area contributed by atoms with E-state index in [-0.39, 0.29) is 11.5 Å². The van der Waals surface area contributed by atoms with E-state index >= 15 is 0 Å². The monoisotopic (exact) mass is 427 g/mol. The minimum atomic E-state index is -0.0321. The number of hydrogen-bond donors (Lipinski definition) is 0. The first-order chi connectivity index (χ1) is 14.1. The molecule has 1 aliphatic heterocycles. The standard InChI is InChI=1S/C22H25N3O2S2/c1-16-6-8-17(9-7-16)14-25-21(27)20-18(10-13-28-20)23-22(25)29-15-19(26)24-11-4-2-3-5-12-24/h6-10,13H,2-5,11-12,14-15H2,1H3. The van der Waals surface area contributed by atoms with Gasteiger partial charge in [-0.2, -0.15) is 0 Å². The molecule has 0 spiro atoms. The van der Waals surface area contributed by atoms with Gasteiger partial charge >= 0.3 is 0 Å². The van der Waals surface area contributed by atoms with Gasteiger partial charge in [0.1, 0.15) is 4.70 Å². The lowest BCUT2D eigenvalue weighted by Gasteiger charge is -2.20. The van der Waals surface area contributed by atoms with Crippen LogP contribution in [0.2, 0.25) is 0 Å². The number of aromatic nitrogens is 2. The Kier molecular flexibility index (Phi) is 6.35. The molecule has 1 aromatic carbocycles. The summed E-state index contributed by atoms with van der Waals surface area (Å²) in [6.07, 6.45) is 4.55. The average Bonchev–Trinajstić information content (AvgIpc) is 3.02. The van der Waals surface area contributed by atoms with Crippen LogP contribution in [-0.4, -0.2) is 39.2 Å². The van der Waals surface area contributed by atoms with E-state index in [1.54, 1.807) is 4.57 Å². The van der Waals surface area contributed by atoms with Crippen molar-refractivity contribution < 1.29 is 4.79 Å². The average molecular weight is 428 g/mol. The topological polar surface area (TPSA) is 55.2 Å². The zero-order valence-electron chi connectivity index (χ0n) is 16.6. The molecule has 1 amide bonds. The zero-order valence-corrected chi connectivity index (χ0v) is 18.2. The first kappa shape index (κ1) is 20.2. The van der Waals surface area contributed by atoms with Crippen LogP contribution in [0.15, 0.2) is 45.7 Å².